The second-order valence-electron chi connectivity index (χ2n) is 5.93. The van der Waals surface area contributed by atoms with Gasteiger partial charge in [-0.05, 0) is 49.1 Å². The van der Waals surface area contributed by atoms with Crippen LogP contribution in [0.15, 0.2) is 41.0 Å². The summed E-state index contributed by atoms with van der Waals surface area (Å²) in [5.74, 6) is 1.53. The Labute approximate surface area is 133 Å². The number of ether oxygens (including phenoxy) is 2. The lowest BCUT2D eigenvalue weighted by Gasteiger charge is -2.26. The van der Waals surface area contributed by atoms with Crippen LogP contribution in [0.4, 0.5) is 0 Å². The number of rotatable bonds is 5. The molecule has 1 saturated carbocycles. The monoisotopic (exact) mass is 315 g/mol. The van der Waals surface area contributed by atoms with Gasteiger partial charge in [0.1, 0.15) is 11.4 Å². The number of hydrogen-bond acceptors (Lipinski definition) is 5. The molecule has 0 unspecified atom stereocenters. The number of furan rings is 1. The molecular weight excluding hydrogens is 298 g/mol. The summed E-state index contributed by atoms with van der Waals surface area (Å²) in [5, 5.41) is 13.7. The van der Waals surface area contributed by atoms with Gasteiger partial charge in [0, 0.05) is 5.56 Å². The maximum absolute atomic E-state index is 12.4. The molecule has 1 fully saturated rings. The Morgan fingerprint density at radius 3 is 2.83 bits per heavy atom. The van der Waals surface area contributed by atoms with Gasteiger partial charge in [0.05, 0.1) is 12.8 Å². The summed E-state index contributed by atoms with van der Waals surface area (Å²) in [6, 6.07) is 8.50. The second-order valence-corrected chi connectivity index (χ2v) is 5.93. The van der Waals surface area contributed by atoms with E-state index in [1.807, 2.05) is 0 Å². The van der Waals surface area contributed by atoms with Crippen LogP contribution in [0.5, 0.6) is 11.5 Å². The van der Waals surface area contributed by atoms with Crippen LogP contribution in [-0.4, -0.2) is 24.4 Å². The molecule has 1 amide bonds. The van der Waals surface area contributed by atoms with Crippen molar-refractivity contribution in [2.75, 3.05) is 13.3 Å². The van der Waals surface area contributed by atoms with Gasteiger partial charge in [-0.25, -0.2) is 0 Å². The topological polar surface area (TPSA) is 80.9 Å². The molecular formula is C17H17NO5. The van der Waals surface area contributed by atoms with Crippen LogP contribution in [0.1, 0.15) is 29.0 Å². The van der Waals surface area contributed by atoms with Crippen LogP contribution in [0.3, 0.4) is 0 Å². The Hall–Kier alpha value is -2.47. The van der Waals surface area contributed by atoms with Crippen LogP contribution in [0.2, 0.25) is 0 Å². The molecule has 2 heterocycles. The van der Waals surface area contributed by atoms with Crippen LogP contribution in [0.25, 0.3) is 0 Å². The minimum Gasteiger partial charge on any atom is -0.466 e. The number of benzene rings is 1. The zero-order chi connectivity index (χ0) is 15.9. The number of carbonyl (C=O) groups excluding carboxylic acids is 1. The first kappa shape index (κ1) is 14.1. The molecule has 0 spiro atoms. The molecule has 0 radical (unpaired) electrons. The lowest BCUT2D eigenvalue weighted by molar-refractivity contribution is -0.00611. The van der Waals surface area contributed by atoms with Crippen molar-refractivity contribution in [3.8, 4) is 11.5 Å². The van der Waals surface area contributed by atoms with Crippen molar-refractivity contribution in [3.05, 3.63) is 47.9 Å². The van der Waals surface area contributed by atoms with Crippen LogP contribution in [-0.2, 0) is 5.60 Å². The van der Waals surface area contributed by atoms with Gasteiger partial charge in [0.15, 0.2) is 11.5 Å². The summed E-state index contributed by atoms with van der Waals surface area (Å²) < 4.78 is 15.9. The number of carbonyl (C=O) groups is 1. The quantitative estimate of drug-likeness (QED) is 0.882. The summed E-state index contributed by atoms with van der Waals surface area (Å²) in [7, 11) is 0. The van der Waals surface area contributed by atoms with Gasteiger partial charge >= 0.3 is 0 Å². The lowest BCUT2D eigenvalue weighted by atomic mass is 9.94. The number of fused-ring (bicyclic) bond motifs is 1. The SMILES string of the molecule is O=C(NC[C@@](O)(c1ccco1)C1CC1)c1ccc2c(c1)OCO2. The van der Waals surface area contributed by atoms with Crippen molar-refractivity contribution in [2.24, 2.45) is 5.92 Å². The molecule has 6 heteroatoms. The van der Waals surface area contributed by atoms with Gasteiger partial charge in [-0.3, -0.25) is 4.79 Å². The summed E-state index contributed by atoms with van der Waals surface area (Å²) in [6.45, 7) is 0.277. The van der Waals surface area contributed by atoms with E-state index in [0.717, 1.165) is 12.8 Å². The third-order valence-electron chi connectivity index (χ3n) is 4.35. The largest absolute Gasteiger partial charge is 0.466 e. The zero-order valence-corrected chi connectivity index (χ0v) is 12.5. The molecule has 0 bridgehead atoms. The van der Waals surface area contributed by atoms with Gasteiger partial charge < -0.3 is 24.3 Å². The molecule has 1 aliphatic carbocycles. The zero-order valence-electron chi connectivity index (χ0n) is 12.5. The molecule has 1 atom stereocenters. The summed E-state index contributed by atoms with van der Waals surface area (Å²) in [4.78, 5) is 12.4. The third-order valence-corrected chi connectivity index (χ3v) is 4.35. The highest BCUT2D eigenvalue weighted by atomic mass is 16.7. The van der Waals surface area contributed by atoms with Gasteiger partial charge in [0.25, 0.3) is 5.91 Å². The molecule has 4 rings (SSSR count). The number of nitrogens with one attached hydrogen (secondary N) is 1. The van der Waals surface area contributed by atoms with E-state index in [9.17, 15) is 9.90 Å². The fourth-order valence-corrected chi connectivity index (χ4v) is 2.87. The Morgan fingerprint density at radius 1 is 1.26 bits per heavy atom. The van der Waals surface area contributed by atoms with Gasteiger partial charge in [0.2, 0.25) is 6.79 Å². The van der Waals surface area contributed by atoms with Crippen molar-refractivity contribution >= 4 is 5.91 Å². The molecule has 2 aromatic rings. The van der Waals surface area contributed by atoms with Crippen molar-refractivity contribution < 1.29 is 23.8 Å². The van der Waals surface area contributed by atoms with E-state index in [4.69, 9.17) is 13.9 Å². The summed E-state index contributed by atoms with van der Waals surface area (Å²) >= 11 is 0. The average molecular weight is 315 g/mol. The van der Waals surface area contributed by atoms with E-state index >= 15 is 0 Å². The van der Waals surface area contributed by atoms with E-state index < -0.39 is 5.60 Å². The predicted octanol–water partition coefficient (Wildman–Crippen LogP) is 2.04. The first-order valence-electron chi connectivity index (χ1n) is 7.61. The molecule has 6 nitrogen and oxygen atoms in total. The van der Waals surface area contributed by atoms with Gasteiger partial charge in [-0.15, -0.1) is 0 Å². The highest BCUT2D eigenvalue weighted by molar-refractivity contribution is 5.95. The van der Waals surface area contributed by atoms with E-state index in [1.165, 1.54) is 6.26 Å². The molecule has 1 aromatic heterocycles. The van der Waals surface area contributed by atoms with Gasteiger partial charge in [-0.2, -0.15) is 0 Å². The lowest BCUT2D eigenvalue weighted by Crippen LogP contribution is -2.42. The Morgan fingerprint density at radius 2 is 2.09 bits per heavy atom. The van der Waals surface area contributed by atoms with Crippen LogP contribution in [0, 0.1) is 5.92 Å². The highest BCUT2D eigenvalue weighted by Gasteiger charge is 2.47. The molecule has 120 valence electrons. The third kappa shape index (κ3) is 2.55. The minimum atomic E-state index is -1.16. The van der Waals surface area contributed by atoms with Crippen molar-refractivity contribution in [1.29, 1.82) is 0 Å². The molecule has 1 aliphatic heterocycles. The van der Waals surface area contributed by atoms with Crippen LogP contribution < -0.4 is 14.8 Å². The highest BCUT2D eigenvalue weighted by Crippen LogP contribution is 2.45. The summed E-state index contributed by atoms with van der Waals surface area (Å²) in [5.41, 5.74) is -0.693. The number of aliphatic hydroxyl groups is 1. The Bertz CT molecular complexity index is 723. The Balaban J connectivity index is 1.48. The normalized spacial score (nSPS) is 18.5. The van der Waals surface area contributed by atoms with Crippen molar-refractivity contribution in [3.63, 3.8) is 0 Å². The molecule has 2 aliphatic rings. The predicted molar refractivity (Wildman–Crippen MR) is 80.2 cm³/mol. The smallest absolute Gasteiger partial charge is 0.251 e. The van der Waals surface area contributed by atoms with E-state index in [-0.39, 0.29) is 25.2 Å². The maximum Gasteiger partial charge on any atom is 0.251 e. The first-order chi connectivity index (χ1) is 11.2. The first-order valence-corrected chi connectivity index (χ1v) is 7.61. The van der Waals surface area contributed by atoms with Crippen molar-refractivity contribution in [2.45, 2.75) is 18.4 Å². The minimum absolute atomic E-state index is 0.110. The maximum atomic E-state index is 12.4. The average Bonchev–Trinajstić information content (AvgIpc) is 3.10. The van der Waals surface area contributed by atoms with Crippen molar-refractivity contribution in [1.82, 2.24) is 5.32 Å². The molecule has 23 heavy (non-hydrogen) atoms. The van der Waals surface area contributed by atoms with E-state index in [0.29, 0.717) is 22.8 Å². The Kier molecular flexibility index (Phi) is 3.27. The van der Waals surface area contributed by atoms with E-state index in [2.05, 4.69) is 5.32 Å². The molecule has 1 aromatic carbocycles. The van der Waals surface area contributed by atoms with Crippen LogP contribution >= 0.6 is 0 Å². The fourth-order valence-electron chi connectivity index (χ4n) is 2.87. The second kappa shape index (κ2) is 5.31. The van der Waals surface area contributed by atoms with E-state index in [1.54, 1.807) is 30.3 Å². The number of amides is 1. The molecule has 0 saturated heterocycles. The fraction of sp³-hybridized carbons (Fsp3) is 0.353. The molecule has 2 N–H and O–H groups in total. The van der Waals surface area contributed by atoms with Gasteiger partial charge in [-0.1, -0.05) is 0 Å². The summed E-state index contributed by atoms with van der Waals surface area (Å²) in [6.07, 6.45) is 3.39. The number of hydrogen-bond donors (Lipinski definition) is 2. The standard InChI is InChI=1S/C17H17NO5/c19-16(11-3-6-13-14(8-11)23-10-22-13)18-9-17(20,12-4-5-12)15-2-1-7-21-15/h1-3,6-8,12,20H,4-5,9-10H2,(H,18,19)/t17-/m0/s1.